The van der Waals surface area contributed by atoms with Crippen LogP contribution in [0.25, 0.3) is 0 Å². The molecule has 1 aliphatic carbocycles. The van der Waals surface area contributed by atoms with Gasteiger partial charge < -0.3 is 10.1 Å². The molecule has 2 nitrogen and oxygen atoms in total. The Labute approximate surface area is 123 Å². The molecule has 2 heteroatoms. The van der Waals surface area contributed by atoms with E-state index in [0.717, 1.165) is 24.7 Å². The van der Waals surface area contributed by atoms with E-state index in [1.165, 1.54) is 44.1 Å². The Morgan fingerprint density at radius 1 is 1.25 bits per heavy atom. The second kappa shape index (κ2) is 8.31. The molecular formula is C18H29NO. The second-order valence-corrected chi connectivity index (χ2v) is 5.96. The topological polar surface area (TPSA) is 21.3 Å². The number of benzene rings is 1. The third-order valence-electron chi connectivity index (χ3n) is 4.44. The van der Waals surface area contributed by atoms with Gasteiger partial charge in [-0.15, -0.1) is 0 Å². The highest BCUT2D eigenvalue weighted by Gasteiger charge is 2.19. The first-order chi connectivity index (χ1) is 9.85. The van der Waals surface area contributed by atoms with Crippen LogP contribution in [0.15, 0.2) is 24.3 Å². The van der Waals surface area contributed by atoms with Gasteiger partial charge in [-0.1, -0.05) is 50.8 Å². The molecule has 0 spiro atoms. The monoisotopic (exact) mass is 275 g/mol. The Balaban J connectivity index is 1.98. The number of hydrogen-bond donors (Lipinski definition) is 1. The Morgan fingerprint density at radius 2 is 2.00 bits per heavy atom. The molecule has 1 unspecified atom stereocenters. The molecule has 0 amide bonds. The zero-order valence-corrected chi connectivity index (χ0v) is 13.0. The Hall–Kier alpha value is -1.02. The summed E-state index contributed by atoms with van der Waals surface area (Å²) in [5.74, 6) is 2.01. The normalized spacial score (nSPS) is 17.3. The SMILES string of the molecule is CCCOc1ccccc1C(CCC1CCCC1)NC. The molecule has 1 aromatic rings. The van der Waals surface area contributed by atoms with Crippen molar-refractivity contribution in [2.75, 3.05) is 13.7 Å². The minimum absolute atomic E-state index is 0.420. The van der Waals surface area contributed by atoms with Gasteiger partial charge in [-0.2, -0.15) is 0 Å². The quantitative estimate of drug-likeness (QED) is 0.742. The first-order valence-electron chi connectivity index (χ1n) is 8.24. The zero-order chi connectivity index (χ0) is 14.2. The lowest BCUT2D eigenvalue weighted by Gasteiger charge is -2.21. The first-order valence-corrected chi connectivity index (χ1v) is 8.24. The van der Waals surface area contributed by atoms with Crippen molar-refractivity contribution >= 4 is 0 Å². The van der Waals surface area contributed by atoms with E-state index in [4.69, 9.17) is 4.74 Å². The van der Waals surface area contributed by atoms with E-state index in [2.05, 4.69) is 43.6 Å². The summed E-state index contributed by atoms with van der Waals surface area (Å²) in [6, 6.07) is 8.92. The third-order valence-corrected chi connectivity index (χ3v) is 4.44. The van der Waals surface area contributed by atoms with Crippen molar-refractivity contribution in [1.29, 1.82) is 0 Å². The number of para-hydroxylation sites is 1. The fourth-order valence-corrected chi connectivity index (χ4v) is 3.27. The lowest BCUT2D eigenvalue weighted by Crippen LogP contribution is -2.18. The average molecular weight is 275 g/mol. The molecule has 1 fully saturated rings. The number of rotatable bonds is 8. The van der Waals surface area contributed by atoms with Crippen molar-refractivity contribution in [2.45, 2.75) is 57.9 Å². The molecule has 0 bridgehead atoms. The van der Waals surface area contributed by atoms with Crippen LogP contribution < -0.4 is 10.1 Å². The lowest BCUT2D eigenvalue weighted by molar-refractivity contribution is 0.308. The molecule has 0 saturated heterocycles. The Morgan fingerprint density at radius 3 is 2.70 bits per heavy atom. The first kappa shape index (κ1) is 15.4. The summed E-state index contributed by atoms with van der Waals surface area (Å²) in [5, 5.41) is 3.48. The van der Waals surface area contributed by atoms with Gasteiger partial charge in [0.15, 0.2) is 0 Å². The maximum atomic E-state index is 5.90. The van der Waals surface area contributed by atoms with Crippen LogP contribution in [0.4, 0.5) is 0 Å². The van der Waals surface area contributed by atoms with E-state index in [1.54, 1.807) is 0 Å². The van der Waals surface area contributed by atoms with Crippen LogP contribution in [-0.4, -0.2) is 13.7 Å². The van der Waals surface area contributed by atoms with E-state index in [1.807, 2.05) is 0 Å². The van der Waals surface area contributed by atoms with Crippen LogP contribution in [0.5, 0.6) is 5.75 Å². The van der Waals surface area contributed by atoms with Crippen LogP contribution in [-0.2, 0) is 0 Å². The second-order valence-electron chi connectivity index (χ2n) is 5.96. The molecule has 0 heterocycles. The molecule has 20 heavy (non-hydrogen) atoms. The Kier molecular flexibility index (Phi) is 6.38. The predicted molar refractivity (Wildman–Crippen MR) is 85.2 cm³/mol. The summed E-state index contributed by atoms with van der Waals surface area (Å²) in [7, 11) is 2.07. The maximum absolute atomic E-state index is 5.90. The molecule has 0 aliphatic heterocycles. The third kappa shape index (κ3) is 4.24. The molecule has 1 atom stereocenters. The molecular weight excluding hydrogens is 246 g/mol. The number of hydrogen-bond acceptors (Lipinski definition) is 2. The van der Waals surface area contributed by atoms with Crippen molar-refractivity contribution in [3.8, 4) is 5.75 Å². The van der Waals surface area contributed by atoms with Gasteiger partial charge in [0.1, 0.15) is 5.75 Å². The van der Waals surface area contributed by atoms with E-state index in [0.29, 0.717) is 6.04 Å². The van der Waals surface area contributed by atoms with Crippen molar-refractivity contribution in [1.82, 2.24) is 5.32 Å². The van der Waals surface area contributed by atoms with Gasteiger partial charge in [-0.25, -0.2) is 0 Å². The smallest absolute Gasteiger partial charge is 0.124 e. The number of nitrogens with one attached hydrogen (secondary N) is 1. The summed E-state index contributed by atoms with van der Waals surface area (Å²) in [5.41, 5.74) is 1.32. The van der Waals surface area contributed by atoms with Crippen molar-refractivity contribution < 1.29 is 4.74 Å². The summed E-state index contributed by atoms with van der Waals surface area (Å²) >= 11 is 0. The molecule has 112 valence electrons. The van der Waals surface area contributed by atoms with Gasteiger partial charge in [0.2, 0.25) is 0 Å². The van der Waals surface area contributed by atoms with Crippen LogP contribution in [0.2, 0.25) is 0 Å². The van der Waals surface area contributed by atoms with E-state index in [9.17, 15) is 0 Å². The minimum atomic E-state index is 0.420. The van der Waals surface area contributed by atoms with Crippen LogP contribution in [0.3, 0.4) is 0 Å². The molecule has 1 saturated carbocycles. The lowest BCUT2D eigenvalue weighted by atomic mass is 9.94. The van der Waals surface area contributed by atoms with Gasteiger partial charge in [-0.05, 0) is 38.3 Å². The van der Waals surface area contributed by atoms with Crippen molar-refractivity contribution in [3.63, 3.8) is 0 Å². The van der Waals surface area contributed by atoms with E-state index < -0.39 is 0 Å². The van der Waals surface area contributed by atoms with Gasteiger partial charge >= 0.3 is 0 Å². The van der Waals surface area contributed by atoms with Gasteiger partial charge in [0.25, 0.3) is 0 Å². The molecule has 1 N–H and O–H groups in total. The molecule has 1 aliphatic rings. The highest BCUT2D eigenvalue weighted by atomic mass is 16.5. The Bertz CT molecular complexity index is 385. The van der Waals surface area contributed by atoms with Crippen LogP contribution in [0, 0.1) is 5.92 Å². The van der Waals surface area contributed by atoms with Gasteiger partial charge in [-0.3, -0.25) is 0 Å². The van der Waals surface area contributed by atoms with Gasteiger partial charge in [0.05, 0.1) is 6.61 Å². The fourth-order valence-electron chi connectivity index (χ4n) is 3.27. The van der Waals surface area contributed by atoms with Crippen molar-refractivity contribution in [3.05, 3.63) is 29.8 Å². The minimum Gasteiger partial charge on any atom is -0.493 e. The highest BCUT2D eigenvalue weighted by molar-refractivity contribution is 5.35. The highest BCUT2D eigenvalue weighted by Crippen LogP contribution is 2.33. The summed E-state index contributed by atoms with van der Waals surface area (Å²) in [4.78, 5) is 0. The largest absolute Gasteiger partial charge is 0.493 e. The van der Waals surface area contributed by atoms with Crippen LogP contribution in [0.1, 0.15) is 63.5 Å². The van der Waals surface area contributed by atoms with Crippen molar-refractivity contribution in [2.24, 2.45) is 5.92 Å². The standard InChI is InChI=1S/C18H29NO/c1-3-14-20-18-11-7-6-10-16(18)17(19-2)13-12-15-8-4-5-9-15/h6-7,10-11,15,17,19H,3-5,8-9,12-14H2,1-2H3. The van der Waals surface area contributed by atoms with Crippen LogP contribution >= 0.6 is 0 Å². The summed E-state index contributed by atoms with van der Waals surface area (Å²) < 4.78 is 5.90. The van der Waals surface area contributed by atoms with E-state index in [-0.39, 0.29) is 0 Å². The predicted octanol–water partition coefficient (Wildman–Crippen LogP) is 4.71. The average Bonchev–Trinajstić information content (AvgIpc) is 3.00. The van der Waals surface area contributed by atoms with E-state index >= 15 is 0 Å². The molecule has 0 radical (unpaired) electrons. The van der Waals surface area contributed by atoms with Gasteiger partial charge in [0, 0.05) is 11.6 Å². The maximum Gasteiger partial charge on any atom is 0.124 e. The molecule has 0 aromatic heterocycles. The molecule has 2 rings (SSSR count). The number of ether oxygens (including phenoxy) is 1. The zero-order valence-electron chi connectivity index (χ0n) is 13.0. The summed E-state index contributed by atoms with van der Waals surface area (Å²) in [6.45, 7) is 2.95. The molecule has 1 aromatic carbocycles. The summed E-state index contributed by atoms with van der Waals surface area (Å²) in [6.07, 6.45) is 9.35. The fraction of sp³-hybridized carbons (Fsp3) is 0.667.